The Hall–Kier alpha value is -2.26. The van der Waals surface area contributed by atoms with E-state index < -0.39 is 37.6 Å². The molecule has 134 valence electrons. The van der Waals surface area contributed by atoms with E-state index in [1.165, 1.54) is 31.3 Å². The minimum Gasteiger partial charge on any atom is -0.355 e. The second-order valence-electron chi connectivity index (χ2n) is 4.87. The molecule has 0 heterocycles. The van der Waals surface area contributed by atoms with Gasteiger partial charge in [0.15, 0.2) is 0 Å². The Morgan fingerprint density at radius 2 is 1.76 bits per heavy atom. The van der Waals surface area contributed by atoms with E-state index >= 15 is 0 Å². The molecule has 0 saturated carbocycles. The molecule has 0 saturated heterocycles. The van der Waals surface area contributed by atoms with Crippen molar-refractivity contribution in [1.82, 2.24) is 5.32 Å². The normalized spacial score (nSPS) is 11.9. The maximum absolute atomic E-state index is 12.9. The zero-order valence-corrected chi connectivity index (χ0v) is 14.3. The Morgan fingerprint density at radius 1 is 1.12 bits per heavy atom. The Balaban J connectivity index is 2.47. The number of hydrogen-bond donors (Lipinski definition) is 2. The van der Waals surface area contributed by atoms with Crippen LogP contribution in [0.5, 0.6) is 0 Å². The van der Waals surface area contributed by atoms with E-state index in [0.717, 1.165) is 12.1 Å². The summed E-state index contributed by atoms with van der Waals surface area (Å²) in [5.74, 6) is -0.551. The van der Waals surface area contributed by atoms with Crippen molar-refractivity contribution in [3.8, 4) is 0 Å². The van der Waals surface area contributed by atoms with Gasteiger partial charge in [0.25, 0.3) is 15.9 Å². The summed E-state index contributed by atoms with van der Waals surface area (Å²) in [4.78, 5) is 11.1. The zero-order chi connectivity index (χ0) is 18.8. The van der Waals surface area contributed by atoms with E-state index in [1.807, 2.05) is 0 Å². The second-order valence-corrected chi connectivity index (χ2v) is 6.96. The van der Waals surface area contributed by atoms with Gasteiger partial charge in [-0.2, -0.15) is 13.2 Å². The Morgan fingerprint density at radius 3 is 2.36 bits per heavy atom. The van der Waals surface area contributed by atoms with Gasteiger partial charge in [0, 0.05) is 7.05 Å². The molecule has 0 aliphatic rings. The molecular weight excluding hydrogens is 381 g/mol. The zero-order valence-electron chi connectivity index (χ0n) is 12.7. The lowest BCUT2D eigenvalue weighted by molar-refractivity contribution is -0.137. The molecule has 0 aliphatic heterocycles. The minimum absolute atomic E-state index is 0.0265. The Labute approximate surface area is 146 Å². The predicted molar refractivity (Wildman–Crippen MR) is 87.1 cm³/mol. The number of benzene rings is 2. The summed E-state index contributed by atoms with van der Waals surface area (Å²) >= 11 is 5.49. The number of rotatable bonds is 4. The third-order valence-electron chi connectivity index (χ3n) is 3.20. The maximum Gasteiger partial charge on any atom is 0.417 e. The first-order chi connectivity index (χ1) is 11.6. The van der Waals surface area contributed by atoms with Gasteiger partial charge in [-0.1, -0.05) is 23.7 Å². The molecule has 0 bridgehead atoms. The van der Waals surface area contributed by atoms with Crippen molar-refractivity contribution < 1.29 is 26.4 Å². The smallest absolute Gasteiger partial charge is 0.355 e. The van der Waals surface area contributed by atoms with E-state index in [0.29, 0.717) is 6.07 Å². The van der Waals surface area contributed by atoms with Crippen molar-refractivity contribution in [1.29, 1.82) is 0 Å². The SMILES string of the molecule is CNC(=O)c1ccccc1NS(=O)(=O)c1ccc(Cl)c(C(F)(F)F)c1. The molecule has 0 atom stereocenters. The predicted octanol–water partition coefficient (Wildman–Crippen LogP) is 3.52. The average molecular weight is 393 g/mol. The molecule has 1 amide bonds. The number of halogens is 4. The van der Waals surface area contributed by atoms with E-state index in [-0.39, 0.29) is 11.3 Å². The van der Waals surface area contributed by atoms with Crippen LogP contribution in [-0.2, 0) is 16.2 Å². The Kier molecular flexibility index (Phi) is 5.28. The molecule has 0 unspecified atom stereocenters. The molecule has 0 aliphatic carbocycles. The first-order valence-corrected chi connectivity index (χ1v) is 8.63. The van der Waals surface area contributed by atoms with Gasteiger partial charge in [0.2, 0.25) is 0 Å². The summed E-state index contributed by atoms with van der Waals surface area (Å²) < 4.78 is 65.6. The molecule has 0 aromatic heterocycles. The van der Waals surface area contributed by atoms with Crippen molar-refractivity contribution >= 4 is 33.2 Å². The summed E-state index contributed by atoms with van der Waals surface area (Å²) in [6.07, 6.45) is -4.80. The highest BCUT2D eigenvalue weighted by Gasteiger charge is 2.34. The van der Waals surface area contributed by atoms with Crippen molar-refractivity contribution in [2.45, 2.75) is 11.1 Å². The van der Waals surface area contributed by atoms with Gasteiger partial charge < -0.3 is 5.32 Å². The van der Waals surface area contributed by atoms with Gasteiger partial charge in [-0.25, -0.2) is 8.42 Å². The van der Waals surface area contributed by atoms with Crippen LogP contribution in [0.25, 0.3) is 0 Å². The van der Waals surface area contributed by atoms with Crippen molar-refractivity contribution in [2.24, 2.45) is 0 Å². The van der Waals surface area contributed by atoms with Crippen molar-refractivity contribution in [3.05, 3.63) is 58.6 Å². The summed E-state index contributed by atoms with van der Waals surface area (Å²) in [6.45, 7) is 0. The largest absolute Gasteiger partial charge is 0.417 e. The number of nitrogens with one attached hydrogen (secondary N) is 2. The highest BCUT2D eigenvalue weighted by molar-refractivity contribution is 7.92. The number of sulfonamides is 1. The number of para-hydroxylation sites is 1. The van der Waals surface area contributed by atoms with E-state index in [1.54, 1.807) is 0 Å². The number of amides is 1. The number of alkyl halides is 3. The minimum atomic E-state index is -4.80. The monoisotopic (exact) mass is 392 g/mol. The van der Waals surface area contributed by atoms with E-state index in [2.05, 4.69) is 10.0 Å². The lowest BCUT2D eigenvalue weighted by Gasteiger charge is -2.14. The van der Waals surface area contributed by atoms with Gasteiger partial charge in [-0.05, 0) is 30.3 Å². The second kappa shape index (κ2) is 6.93. The fourth-order valence-corrected chi connectivity index (χ4v) is 3.33. The fraction of sp³-hybridized carbons (Fsp3) is 0.133. The maximum atomic E-state index is 12.9. The summed E-state index contributed by atoms with van der Waals surface area (Å²) in [6, 6.07) is 7.93. The van der Waals surface area contributed by atoms with Crippen LogP contribution >= 0.6 is 11.6 Å². The molecule has 2 aromatic carbocycles. The highest BCUT2D eigenvalue weighted by atomic mass is 35.5. The molecule has 10 heteroatoms. The topological polar surface area (TPSA) is 75.3 Å². The number of hydrogen-bond acceptors (Lipinski definition) is 3. The molecule has 25 heavy (non-hydrogen) atoms. The fourth-order valence-electron chi connectivity index (χ4n) is 2.00. The molecule has 0 spiro atoms. The highest BCUT2D eigenvalue weighted by Crippen LogP contribution is 2.36. The van der Waals surface area contributed by atoms with E-state index in [9.17, 15) is 26.4 Å². The van der Waals surface area contributed by atoms with Crippen LogP contribution in [0.3, 0.4) is 0 Å². The quantitative estimate of drug-likeness (QED) is 0.836. The Bertz CT molecular complexity index is 914. The summed E-state index contributed by atoms with van der Waals surface area (Å²) in [7, 11) is -3.00. The van der Waals surface area contributed by atoms with Crippen LogP contribution in [0, 0.1) is 0 Å². The lowest BCUT2D eigenvalue weighted by atomic mass is 10.2. The molecule has 5 nitrogen and oxygen atoms in total. The summed E-state index contributed by atoms with van der Waals surface area (Å²) in [5, 5.41) is 1.73. The van der Waals surface area contributed by atoms with Crippen LogP contribution in [0.2, 0.25) is 5.02 Å². The standard InChI is InChI=1S/C15H12ClF3N2O3S/c1-20-14(22)10-4-2-3-5-13(10)21-25(23,24)9-6-7-12(16)11(8-9)15(17,18)19/h2-8,21H,1H3,(H,20,22). The van der Waals surface area contributed by atoms with Gasteiger partial charge in [-0.3, -0.25) is 9.52 Å². The molecular formula is C15H12ClF3N2O3S. The molecule has 2 aromatic rings. The van der Waals surface area contributed by atoms with Crippen LogP contribution in [-0.4, -0.2) is 21.4 Å². The molecule has 0 radical (unpaired) electrons. The van der Waals surface area contributed by atoms with Crippen LogP contribution in [0.1, 0.15) is 15.9 Å². The van der Waals surface area contributed by atoms with Crippen LogP contribution < -0.4 is 10.0 Å². The first kappa shape index (κ1) is 19.1. The van der Waals surface area contributed by atoms with Crippen molar-refractivity contribution in [3.63, 3.8) is 0 Å². The van der Waals surface area contributed by atoms with Crippen LogP contribution in [0.15, 0.2) is 47.4 Å². The van der Waals surface area contributed by atoms with Gasteiger partial charge in [-0.15, -0.1) is 0 Å². The van der Waals surface area contributed by atoms with Gasteiger partial charge in [0.05, 0.1) is 26.7 Å². The van der Waals surface area contributed by atoms with E-state index in [4.69, 9.17) is 11.6 Å². The first-order valence-electron chi connectivity index (χ1n) is 6.77. The number of anilines is 1. The summed E-state index contributed by atoms with van der Waals surface area (Å²) in [5.41, 5.74) is -1.31. The molecule has 2 rings (SSSR count). The third-order valence-corrected chi connectivity index (χ3v) is 4.89. The third kappa shape index (κ3) is 4.23. The van der Waals surface area contributed by atoms with Crippen LogP contribution in [0.4, 0.5) is 18.9 Å². The van der Waals surface area contributed by atoms with Crippen molar-refractivity contribution in [2.75, 3.05) is 11.8 Å². The number of carbonyl (C=O) groups excluding carboxylic acids is 1. The number of carbonyl (C=O) groups is 1. The molecule has 2 N–H and O–H groups in total. The van der Waals surface area contributed by atoms with Gasteiger partial charge in [0.1, 0.15) is 0 Å². The lowest BCUT2D eigenvalue weighted by Crippen LogP contribution is -2.22. The molecule has 0 fully saturated rings. The average Bonchev–Trinajstić information content (AvgIpc) is 2.53. The van der Waals surface area contributed by atoms with Gasteiger partial charge >= 0.3 is 6.18 Å².